The minimum absolute atomic E-state index is 0.0787. The van der Waals surface area contributed by atoms with Crippen molar-refractivity contribution in [3.63, 3.8) is 0 Å². The summed E-state index contributed by atoms with van der Waals surface area (Å²) in [5.74, 6) is -1.24. The van der Waals surface area contributed by atoms with Gasteiger partial charge in [0, 0.05) is 87.5 Å². The monoisotopic (exact) mass is 1020 g/mol. The molecule has 2 fully saturated rings. The first-order chi connectivity index (χ1) is 35.7. The van der Waals surface area contributed by atoms with Gasteiger partial charge in [-0.1, -0.05) is 30.3 Å². The van der Waals surface area contributed by atoms with Crippen LogP contribution < -0.4 is 15.5 Å². The summed E-state index contributed by atoms with van der Waals surface area (Å²) in [6.45, 7) is 11.7. The van der Waals surface area contributed by atoms with Crippen LogP contribution in [0.25, 0.3) is 11.3 Å². The van der Waals surface area contributed by atoms with Crippen molar-refractivity contribution in [2.45, 2.75) is 83.4 Å². The van der Waals surface area contributed by atoms with Crippen LogP contribution in [0, 0.1) is 0 Å². The average molecular weight is 1020 g/mol. The van der Waals surface area contributed by atoms with E-state index in [-0.39, 0.29) is 49.4 Å². The highest BCUT2D eigenvalue weighted by molar-refractivity contribution is 6.08. The molecular formula is C57H75N7O10. The van der Waals surface area contributed by atoms with Crippen molar-refractivity contribution in [2.75, 3.05) is 116 Å². The summed E-state index contributed by atoms with van der Waals surface area (Å²) in [5, 5.41) is 6.37. The molecule has 17 heteroatoms. The first kappa shape index (κ1) is 55.5. The lowest BCUT2D eigenvalue weighted by atomic mass is 9.87. The van der Waals surface area contributed by atoms with Gasteiger partial charge >= 0.3 is 5.97 Å². The van der Waals surface area contributed by atoms with E-state index in [1.54, 1.807) is 66.5 Å². The van der Waals surface area contributed by atoms with Crippen LogP contribution in [0.1, 0.15) is 108 Å². The molecule has 4 amide bonds. The standard InChI is InChI=1S/C57H75N7O10/c1-57(2,3)74-52(65)22-30-70-33-35-72-36-34-71-31-28-62(5)56(69)51-40-73-32-29-64(51)27-26-61(4)55(68)44-16-11-15-42(37-44)53(66)60-49-20-19-45(63-24-9-6-10-25-63)39-47(49)50-38-43(21-23-58-50)54(67)59-48-18-12-14-41-13-7-8-17-46(41)48/h7-8,11,13,15-17,19-21,23,37-39,48,51H,6,9-10,12,14,18,22,24-36,40H2,1-5H3,(H,59,67)(H,60,66). The zero-order valence-corrected chi connectivity index (χ0v) is 43.9. The fraction of sp³-hybridized carbons (Fsp3) is 0.509. The second-order valence-corrected chi connectivity index (χ2v) is 20.1. The Bertz CT molecular complexity index is 2530. The van der Waals surface area contributed by atoms with Gasteiger partial charge in [-0.3, -0.25) is 33.9 Å². The third-order valence-electron chi connectivity index (χ3n) is 13.5. The highest BCUT2D eigenvalue weighted by Crippen LogP contribution is 2.34. The fourth-order valence-electron chi connectivity index (χ4n) is 9.44. The van der Waals surface area contributed by atoms with E-state index in [1.807, 2.05) is 56.0 Å². The Morgan fingerprint density at radius 2 is 1.47 bits per heavy atom. The lowest BCUT2D eigenvalue weighted by Crippen LogP contribution is -2.56. The number of pyridine rings is 1. The topological polar surface area (TPSA) is 181 Å². The first-order valence-corrected chi connectivity index (χ1v) is 26.2. The number of nitrogens with zero attached hydrogens (tertiary/aromatic N) is 5. The van der Waals surface area contributed by atoms with Gasteiger partial charge in [0.1, 0.15) is 11.6 Å². The number of hydrogen-bond acceptors (Lipinski definition) is 13. The number of piperidine rings is 1. The molecule has 398 valence electrons. The van der Waals surface area contributed by atoms with Crippen LogP contribution in [-0.2, 0) is 39.7 Å². The van der Waals surface area contributed by atoms with Crippen molar-refractivity contribution >= 4 is 41.0 Å². The Kier molecular flexibility index (Phi) is 20.5. The normalized spacial score (nSPS) is 17.0. The van der Waals surface area contributed by atoms with Crippen LogP contribution in [0.4, 0.5) is 11.4 Å². The zero-order valence-electron chi connectivity index (χ0n) is 43.9. The number of hydrogen-bond donors (Lipinski definition) is 2. The molecule has 2 saturated heterocycles. The number of aromatic nitrogens is 1. The van der Waals surface area contributed by atoms with Crippen LogP contribution in [0.3, 0.4) is 0 Å². The number of ether oxygens (including phenoxy) is 5. The lowest BCUT2D eigenvalue weighted by Gasteiger charge is -2.37. The van der Waals surface area contributed by atoms with Gasteiger partial charge in [0.15, 0.2) is 0 Å². The summed E-state index contributed by atoms with van der Waals surface area (Å²) < 4.78 is 27.7. The maximum Gasteiger partial charge on any atom is 0.308 e. The number of rotatable bonds is 23. The van der Waals surface area contributed by atoms with Gasteiger partial charge in [-0.05, 0) is 119 Å². The summed E-state index contributed by atoms with van der Waals surface area (Å²) in [6.07, 6.45) is 8.06. The van der Waals surface area contributed by atoms with Gasteiger partial charge in [-0.25, -0.2) is 0 Å². The van der Waals surface area contributed by atoms with Crippen molar-refractivity contribution < 1.29 is 47.7 Å². The molecule has 2 atom stereocenters. The molecule has 0 saturated carbocycles. The third-order valence-corrected chi connectivity index (χ3v) is 13.5. The maximum absolute atomic E-state index is 14.1. The third kappa shape index (κ3) is 16.1. The Morgan fingerprint density at radius 3 is 2.26 bits per heavy atom. The van der Waals surface area contributed by atoms with E-state index >= 15 is 0 Å². The van der Waals surface area contributed by atoms with Gasteiger partial charge in [0.05, 0.1) is 76.7 Å². The number of esters is 1. The number of fused-ring (bicyclic) bond motifs is 1. The summed E-state index contributed by atoms with van der Waals surface area (Å²) in [6, 6.07) is 23.8. The molecular weight excluding hydrogens is 943 g/mol. The number of carbonyl (C=O) groups excluding carboxylic acids is 5. The van der Waals surface area contributed by atoms with Gasteiger partial charge in [-0.15, -0.1) is 0 Å². The summed E-state index contributed by atoms with van der Waals surface area (Å²) >= 11 is 0. The SMILES string of the molecule is CN(CCN1CCOCC1C(=O)N(C)CCOCCOCCOCCC(=O)OC(C)(C)C)C(=O)c1cccc(C(=O)Nc2ccc(N3CCCCC3)cc2-c2cc(C(=O)NC3CCCc4ccccc43)ccn2)c1. The van der Waals surface area contributed by atoms with Crippen molar-refractivity contribution in [3.8, 4) is 11.3 Å². The molecule has 1 aliphatic carbocycles. The van der Waals surface area contributed by atoms with Crippen LogP contribution >= 0.6 is 0 Å². The molecule has 74 heavy (non-hydrogen) atoms. The second kappa shape index (κ2) is 27.3. The Hall–Kier alpha value is -6.24. The zero-order chi connectivity index (χ0) is 52.5. The summed E-state index contributed by atoms with van der Waals surface area (Å²) in [7, 11) is 3.45. The average Bonchev–Trinajstić information content (AvgIpc) is 3.41. The molecule has 4 aromatic rings. The van der Waals surface area contributed by atoms with Gasteiger partial charge in [-0.2, -0.15) is 0 Å². The smallest absolute Gasteiger partial charge is 0.308 e. The molecule has 3 aliphatic rings. The summed E-state index contributed by atoms with van der Waals surface area (Å²) in [4.78, 5) is 79.6. The van der Waals surface area contributed by atoms with Crippen molar-refractivity contribution in [1.29, 1.82) is 0 Å². The predicted octanol–water partition coefficient (Wildman–Crippen LogP) is 6.81. The van der Waals surface area contributed by atoms with E-state index in [1.165, 1.54) is 12.0 Å². The van der Waals surface area contributed by atoms with E-state index in [0.717, 1.165) is 56.4 Å². The Labute approximate surface area is 436 Å². The quantitative estimate of drug-likeness (QED) is 0.0585. The highest BCUT2D eigenvalue weighted by atomic mass is 16.6. The number of benzene rings is 3. The summed E-state index contributed by atoms with van der Waals surface area (Å²) in [5.41, 5.74) is 5.82. The highest BCUT2D eigenvalue weighted by Gasteiger charge is 2.32. The minimum Gasteiger partial charge on any atom is -0.460 e. The van der Waals surface area contributed by atoms with Gasteiger partial charge < -0.3 is 49.0 Å². The van der Waals surface area contributed by atoms with E-state index in [0.29, 0.717) is 99.5 Å². The number of amides is 4. The molecule has 0 radical (unpaired) electrons. The Morgan fingerprint density at radius 1 is 0.743 bits per heavy atom. The second-order valence-electron chi connectivity index (χ2n) is 20.1. The lowest BCUT2D eigenvalue weighted by molar-refractivity contribution is -0.156. The first-order valence-electron chi connectivity index (χ1n) is 26.2. The van der Waals surface area contributed by atoms with Crippen molar-refractivity contribution in [1.82, 2.24) is 25.0 Å². The van der Waals surface area contributed by atoms with Crippen LogP contribution in [0.15, 0.2) is 85.1 Å². The number of carbonyl (C=O) groups is 5. The predicted molar refractivity (Wildman–Crippen MR) is 283 cm³/mol. The molecule has 3 heterocycles. The van der Waals surface area contributed by atoms with Gasteiger partial charge in [0.2, 0.25) is 5.91 Å². The molecule has 1 aromatic heterocycles. The Balaban J connectivity index is 0.905. The number of aryl methyl sites for hydroxylation is 1. The molecule has 0 spiro atoms. The van der Waals surface area contributed by atoms with Crippen LogP contribution in [0.2, 0.25) is 0 Å². The number of morpholine rings is 1. The molecule has 0 bridgehead atoms. The largest absolute Gasteiger partial charge is 0.460 e. The van der Waals surface area contributed by atoms with E-state index in [9.17, 15) is 24.0 Å². The fourth-order valence-corrected chi connectivity index (χ4v) is 9.44. The molecule has 2 aliphatic heterocycles. The van der Waals surface area contributed by atoms with Crippen LogP contribution in [-0.4, -0.2) is 167 Å². The number of nitrogens with one attached hydrogen (secondary N) is 2. The van der Waals surface area contributed by atoms with E-state index in [4.69, 9.17) is 28.7 Å². The van der Waals surface area contributed by atoms with Gasteiger partial charge in [0.25, 0.3) is 17.7 Å². The molecule has 2 unspecified atom stereocenters. The van der Waals surface area contributed by atoms with Crippen molar-refractivity contribution in [2.24, 2.45) is 0 Å². The molecule has 3 aromatic carbocycles. The molecule has 2 N–H and O–H groups in total. The number of anilines is 2. The van der Waals surface area contributed by atoms with E-state index < -0.39 is 17.6 Å². The van der Waals surface area contributed by atoms with Crippen molar-refractivity contribution in [3.05, 3.63) is 113 Å². The minimum atomic E-state index is -0.521. The van der Waals surface area contributed by atoms with E-state index in [2.05, 4.69) is 27.7 Å². The molecule has 17 nitrogen and oxygen atoms in total. The molecule has 7 rings (SSSR count). The van der Waals surface area contributed by atoms with Crippen LogP contribution in [0.5, 0.6) is 0 Å². The maximum atomic E-state index is 14.1. The number of likely N-dealkylation sites (N-methyl/N-ethyl adjacent to an activating group) is 2.